The monoisotopic (exact) mass is 162 g/mol. The van der Waals surface area contributed by atoms with Crippen molar-refractivity contribution in [2.45, 2.75) is 19.8 Å². The van der Waals surface area contributed by atoms with E-state index >= 15 is 0 Å². The summed E-state index contributed by atoms with van der Waals surface area (Å²) in [5, 5.41) is 7.84. The van der Waals surface area contributed by atoms with Crippen LogP contribution in [0.2, 0.25) is 0 Å². The molecule has 0 aliphatic rings. The maximum absolute atomic E-state index is 10.5. The molecule has 0 fully saturated rings. The zero-order chi connectivity index (χ0) is 8.15. The number of carbonyl (C=O) groups excluding carboxylic acids is 1. The van der Waals surface area contributed by atoms with Gasteiger partial charge in [0, 0.05) is 0 Å². The fourth-order valence-corrected chi connectivity index (χ4v) is 0.881. The van der Waals surface area contributed by atoms with Gasteiger partial charge >= 0.3 is 5.97 Å². The predicted molar refractivity (Wildman–Crippen MR) is 40.0 cm³/mol. The molecule has 3 nitrogen and oxygen atoms in total. The van der Waals surface area contributed by atoms with Crippen LogP contribution in [0.4, 0.5) is 0 Å². The van der Waals surface area contributed by atoms with E-state index in [1.807, 2.05) is 6.92 Å². The Balaban J connectivity index is 3.98. The second kappa shape index (κ2) is 4.33. The van der Waals surface area contributed by atoms with Crippen LogP contribution in [-0.4, -0.2) is 16.2 Å². The normalized spacial score (nSPS) is 12.6. The number of carbonyl (C=O) groups is 2. The highest BCUT2D eigenvalue weighted by atomic mass is 32.1. The zero-order valence-corrected chi connectivity index (χ0v) is 6.60. The van der Waals surface area contributed by atoms with E-state index in [0.717, 1.165) is 0 Å². The quantitative estimate of drug-likeness (QED) is 0.478. The number of rotatable bonds is 4. The van der Waals surface area contributed by atoms with Gasteiger partial charge in [-0.15, -0.1) is 12.6 Å². The maximum atomic E-state index is 10.5. The van der Waals surface area contributed by atoms with E-state index in [9.17, 15) is 9.59 Å². The van der Waals surface area contributed by atoms with Crippen molar-refractivity contribution in [1.29, 1.82) is 0 Å². The largest absolute Gasteiger partial charge is 0.481 e. The third-order valence-corrected chi connectivity index (χ3v) is 1.49. The van der Waals surface area contributed by atoms with E-state index < -0.39 is 17.0 Å². The van der Waals surface area contributed by atoms with E-state index in [1.54, 1.807) is 0 Å². The van der Waals surface area contributed by atoms with Crippen LogP contribution in [0.3, 0.4) is 0 Å². The van der Waals surface area contributed by atoms with Gasteiger partial charge in [0.2, 0.25) is 0 Å². The van der Waals surface area contributed by atoms with Crippen LogP contribution < -0.4 is 0 Å². The van der Waals surface area contributed by atoms with Gasteiger partial charge < -0.3 is 5.11 Å². The smallest absolute Gasteiger partial charge is 0.314 e. The summed E-state index contributed by atoms with van der Waals surface area (Å²) in [5.74, 6) is -2.00. The van der Waals surface area contributed by atoms with E-state index in [0.29, 0.717) is 12.8 Å². The van der Waals surface area contributed by atoms with Crippen molar-refractivity contribution in [2.24, 2.45) is 5.92 Å². The fourth-order valence-electron chi connectivity index (χ4n) is 0.641. The molecule has 4 heteroatoms. The Hall–Kier alpha value is -0.510. The number of carboxylic acid groups (broad SMARTS) is 1. The third-order valence-electron chi connectivity index (χ3n) is 1.17. The van der Waals surface area contributed by atoms with Gasteiger partial charge in [0.1, 0.15) is 5.92 Å². The van der Waals surface area contributed by atoms with Crippen LogP contribution in [0, 0.1) is 5.92 Å². The molecule has 0 amide bonds. The molecule has 0 aromatic rings. The lowest BCUT2D eigenvalue weighted by molar-refractivity contribution is -0.144. The number of hydrogen-bond donors (Lipinski definition) is 2. The van der Waals surface area contributed by atoms with E-state index in [-0.39, 0.29) is 0 Å². The van der Waals surface area contributed by atoms with Gasteiger partial charge in [-0.1, -0.05) is 13.3 Å². The maximum Gasteiger partial charge on any atom is 0.314 e. The molecule has 0 aromatic carbocycles. The molecule has 10 heavy (non-hydrogen) atoms. The van der Waals surface area contributed by atoms with Crippen LogP contribution in [0.25, 0.3) is 0 Å². The van der Waals surface area contributed by atoms with Gasteiger partial charge in [0.25, 0.3) is 0 Å². The molecule has 0 heterocycles. The summed E-state index contributed by atoms with van der Waals surface area (Å²) in [7, 11) is 0. The Morgan fingerprint density at radius 3 is 2.20 bits per heavy atom. The lowest BCUT2D eigenvalue weighted by Crippen LogP contribution is -2.19. The first kappa shape index (κ1) is 9.49. The molecule has 0 spiro atoms. The lowest BCUT2D eigenvalue weighted by atomic mass is 10.1. The Labute approximate surface area is 64.8 Å². The summed E-state index contributed by atoms with van der Waals surface area (Å²) in [6.07, 6.45) is 1.06. The van der Waals surface area contributed by atoms with Crippen LogP contribution in [-0.2, 0) is 9.59 Å². The van der Waals surface area contributed by atoms with Crippen molar-refractivity contribution >= 4 is 23.7 Å². The Morgan fingerprint density at radius 1 is 1.60 bits per heavy atom. The van der Waals surface area contributed by atoms with Crippen molar-refractivity contribution in [3.8, 4) is 0 Å². The van der Waals surface area contributed by atoms with Gasteiger partial charge in [-0.2, -0.15) is 0 Å². The van der Waals surface area contributed by atoms with Crippen LogP contribution in [0.1, 0.15) is 19.8 Å². The minimum Gasteiger partial charge on any atom is -0.481 e. The van der Waals surface area contributed by atoms with Gasteiger partial charge in [-0.3, -0.25) is 9.59 Å². The lowest BCUT2D eigenvalue weighted by Gasteiger charge is -2.03. The SMILES string of the molecule is CCCC(C(=O)O)C(=O)S. The van der Waals surface area contributed by atoms with Crippen LogP contribution in [0.15, 0.2) is 0 Å². The molecule has 58 valence electrons. The molecule has 1 unspecified atom stereocenters. The standard InChI is InChI=1S/C6H10O3S/c1-2-3-4(5(7)8)6(9)10/h4H,2-3H2,1H3,(H,7,8)(H,9,10). The summed E-state index contributed by atoms with van der Waals surface area (Å²) < 4.78 is 0. The summed E-state index contributed by atoms with van der Waals surface area (Å²) in [6, 6.07) is 0. The molecule has 0 aromatic heterocycles. The molecule has 0 aliphatic heterocycles. The summed E-state index contributed by atoms with van der Waals surface area (Å²) in [4.78, 5) is 20.7. The highest BCUT2D eigenvalue weighted by molar-refractivity contribution is 7.96. The van der Waals surface area contributed by atoms with Crippen molar-refractivity contribution in [2.75, 3.05) is 0 Å². The number of carboxylic acids is 1. The topological polar surface area (TPSA) is 54.4 Å². The molecule has 0 rings (SSSR count). The Bertz CT molecular complexity index is 130. The predicted octanol–water partition coefficient (Wildman–Crippen LogP) is 0.944. The van der Waals surface area contributed by atoms with Crippen molar-refractivity contribution in [3.05, 3.63) is 0 Å². The van der Waals surface area contributed by atoms with Gasteiger partial charge in [-0.25, -0.2) is 0 Å². The average Bonchev–Trinajstić information content (AvgIpc) is 1.81. The first-order valence-electron chi connectivity index (χ1n) is 3.05. The minimum absolute atomic E-state index is 0.373. The van der Waals surface area contributed by atoms with E-state index in [4.69, 9.17) is 5.11 Å². The van der Waals surface area contributed by atoms with Gasteiger partial charge in [-0.05, 0) is 6.42 Å². The van der Waals surface area contributed by atoms with Crippen molar-refractivity contribution in [1.82, 2.24) is 0 Å². The molecule has 0 aliphatic carbocycles. The molecule has 0 saturated carbocycles. The Kier molecular flexibility index (Phi) is 4.11. The summed E-state index contributed by atoms with van der Waals surface area (Å²) >= 11 is 3.45. The second-order valence-corrected chi connectivity index (χ2v) is 2.46. The highest BCUT2D eigenvalue weighted by Gasteiger charge is 2.21. The average molecular weight is 162 g/mol. The van der Waals surface area contributed by atoms with Crippen molar-refractivity contribution in [3.63, 3.8) is 0 Å². The highest BCUT2D eigenvalue weighted by Crippen LogP contribution is 2.09. The molecule has 0 radical (unpaired) electrons. The first-order chi connectivity index (χ1) is 4.59. The van der Waals surface area contributed by atoms with Gasteiger partial charge in [0.05, 0.1) is 0 Å². The Morgan fingerprint density at radius 2 is 2.10 bits per heavy atom. The summed E-state index contributed by atoms with van der Waals surface area (Å²) in [5.41, 5.74) is 0. The number of hydrogen-bond acceptors (Lipinski definition) is 2. The molecule has 1 atom stereocenters. The number of thiol groups is 1. The molecule has 1 N–H and O–H groups in total. The molecule has 0 bridgehead atoms. The molecular weight excluding hydrogens is 152 g/mol. The molecular formula is C6H10O3S. The third kappa shape index (κ3) is 2.87. The van der Waals surface area contributed by atoms with Crippen LogP contribution in [0.5, 0.6) is 0 Å². The fraction of sp³-hybridized carbons (Fsp3) is 0.667. The minimum atomic E-state index is -1.08. The zero-order valence-electron chi connectivity index (χ0n) is 5.70. The van der Waals surface area contributed by atoms with Gasteiger partial charge in [0.15, 0.2) is 5.12 Å². The van der Waals surface area contributed by atoms with Crippen LogP contribution >= 0.6 is 12.6 Å². The van der Waals surface area contributed by atoms with E-state index in [1.165, 1.54) is 0 Å². The van der Waals surface area contributed by atoms with Crippen molar-refractivity contribution < 1.29 is 14.7 Å². The first-order valence-corrected chi connectivity index (χ1v) is 3.50. The molecule has 0 saturated heterocycles. The summed E-state index contributed by atoms with van der Waals surface area (Å²) in [6.45, 7) is 1.83. The number of aliphatic carboxylic acids is 1. The second-order valence-electron chi connectivity index (χ2n) is 2.02. The van der Waals surface area contributed by atoms with E-state index in [2.05, 4.69) is 12.6 Å².